The average molecular weight is 300 g/mol. The van der Waals surface area contributed by atoms with Crippen molar-refractivity contribution in [2.75, 3.05) is 31.5 Å². The van der Waals surface area contributed by atoms with Crippen LogP contribution in [-0.4, -0.2) is 43.4 Å². The maximum atomic E-state index is 10.6. The number of rotatable bonds is 6. The predicted octanol–water partition coefficient (Wildman–Crippen LogP) is 3.05. The molecule has 0 aliphatic carbocycles. The van der Waals surface area contributed by atoms with Crippen molar-refractivity contribution < 1.29 is 19.1 Å². The third-order valence-corrected chi connectivity index (χ3v) is 2.20. The van der Waals surface area contributed by atoms with E-state index in [-0.39, 0.29) is 26.8 Å². The summed E-state index contributed by atoms with van der Waals surface area (Å²) in [6, 6.07) is 0. The number of thiol groups is 1. The molecule has 0 saturated carbocycles. The molecule has 4 nitrogen and oxygen atoms in total. The van der Waals surface area contributed by atoms with Gasteiger partial charge in [-0.3, -0.25) is 9.59 Å². The number of esters is 2. The van der Waals surface area contributed by atoms with Gasteiger partial charge in [0.2, 0.25) is 0 Å². The second-order valence-electron chi connectivity index (χ2n) is 2.60. The molecule has 0 heterocycles. The smallest absolute Gasteiger partial charge is 0.306 e. The zero-order valence-electron chi connectivity index (χ0n) is 10.0. The van der Waals surface area contributed by atoms with Crippen molar-refractivity contribution in [2.45, 2.75) is 34.6 Å². The van der Waals surface area contributed by atoms with Gasteiger partial charge in [0.05, 0.1) is 26.6 Å². The maximum absolute atomic E-state index is 10.6. The summed E-state index contributed by atoms with van der Waals surface area (Å²) < 4.78 is 8.99. The van der Waals surface area contributed by atoms with E-state index in [1.807, 2.05) is 13.2 Å². The molecule has 0 bridgehead atoms. The third-order valence-electron chi connectivity index (χ3n) is 1.36. The number of thioether (sulfide) groups is 1. The van der Waals surface area contributed by atoms with Gasteiger partial charge in [0.15, 0.2) is 0 Å². The van der Waals surface area contributed by atoms with E-state index in [1.165, 1.54) is 7.11 Å². The lowest BCUT2D eigenvalue weighted by Crippen LogP contribution is -2.04. The third kappa shape index (κ3) is 24.7. The van der Waals surface area contributed by atoms with Crippen molar-refractivity contribution in [3.63, 3.8) is 0 Å². The van der Waals surface area contributed by atoms with Crippen molar-refractivity contribution in [1.29, 1.82) is 0 Å². The molecule has 112 valence electrons. The Morgan fingerprint density at radius 1 is 1.17 bits per heavy atom. The van der Waals surface area contributed by atoms with Crippen molar-refractivity contribution in [1.82, 2.24) is 0 Å². The van der Waals surface area contributed by atoms with Gasteiger partial charge in [-0.15, -0.1) is 0 Å². The number of carbonyl (C=O) groups is 2. The van der Waals surface area contributed by atoms with Crippen LogP contribution in [0.2, 0.25) is 0 Å². The van der Waals surface area contributed by atoms with Gasteiger partial charge in [-0.1, -0.05) is 14.9 Å². The van der Waals surface area contributed by atoms with E-state index in [1.54, 1.807) is 11.8 Å². The van der Waals surface area contributed by atoms with E-state index in [4.69, 9.17) is 4.74 Å². The summed E-state index contributed by atoms with van der Waals surface area (Å²) in [5.74, 6) is 1.13. The Morgan fingerprint density at radius 3 is 2.00 bits per heavy atom. The molecule has 0 radical (unpaired) electrons. The zero-order valence-corrected chi connectivity index (χ0v) is 11.7. The Hall–Kier alpha value is -0.360. The summed E-state index contributed by atoms with van der Waals surface area (Å²) in [6.45, 7) is 2.31. The quantitative estimate of drug-likeness (QED) is 0.603. The summed E-state index contributed by atoms with van der Waals surface area (Å²) in [5, 5.41) is 0. The standard InChI is InChI=1S/C6H12O2S.C4H8O2S.2CH4/c1-3-8-6(7)4-5-9-2;1-6-4(5)2-3-7;;/h3-5H2,1-2H3;7H,2-3H2,1H3;2*1H4. The van der Waals surface area contributed by atoms with E-state index < -0.39 is 0 Å². The fourth-order valence-electron chi connectivity index (χ4n) is 0.612. The van der Waals surface area contributed by atoms with Crippen molar-refractivity contribution in [2.24, 2.45) is 0 Å². The summed E-state index contributed by atoms with van der Waals surface area (Å²) >= 11 is 5.47. The molecule has 0 fully saturated rings. The van der Waals surface area contributed by atoms with E-state index >= 15 is 0 Å². The second kappa shape index (κ2) is 21.9. The van der Waals surface area contributed by atoms with Crippen LogP contribution < -0.4 is 0 Å². The number of hydrogen-bond donors (Lipinski definition) is 1. The number of carbonyl (C=O) groups excluding carboxylic acids is 2. The average Bonchev–Trinajstić information content (AvgIpc) is 2.28. The fraction of sp³-hybridized carbons (Fsp3) is 0.833. The molecule has 0 aromatic heterocycles. The molecule has 0 rings (SSSR count). The molecule has 0 aromatic carbocycles. The molecule has 6 heteroatoms. The molecule has 0 saturated heterocycles. The van der Waals surface area contributed by atoms with Gasteiger partial charge in [-0.05, 0) is 13.2 Å². The first kappa shape index (κ1) is 26.3. The molecule has 0 aromatic rings. The maximum Gasteiger partial charge on any atom is 0.306 e. The summed E-state index contributed by atoms with van der Waals surface area (Å²) in [4.78, 5) is 20.7. The van der Waals surface area contributed by atoms with Gasteiger partial charge in [-0.25, -0.2) is 0 Å². The molecular weight excluding hydrogens is 272 g/mol. The summed E-state index contributed by atoms with van der Waals surface area (Å²) in [6.07, 6.45) is 2.91. The molecule has 0 amide bonds. The molecule has 0 N–H and O–H groups in total. The van der Waals surface area contributed by atoms with Crippen molar-refractivity contribution in [3.8, 4) is 0 Å². The minimum atomic E-state index is -0.199. The van der Waals surface area contributed by atoms with Crippen LogP contribution >= 0.6 is 24.4 Å². The lowest BCUT2D eigenvalue weighted by molar-refractivity contribution is -0.142. The number of hydrogen-bond acceptors (Lipinski definition) is 6. The van der Waals surface area contributed by atoms with Crippen LogP contribution in [-0.2, 0) is 19.1 Å². The highest BCUT2D eigenvalue weighted by atomic mass is 32.2. The minimum absolute atomic E-state index is 0. The van der Waals surface area contributed by atoms with Crippen LogP contribution in [0.25, 0.3) is 0 Å². The van der Waals surface area contributed by atoms with E-state index in [0.29, 0.717) is 25.2 Å². The Morgan fingerprint density at radius 2 is 1.72 bits per heavy atom. The first-order chi connectivity index (χ1) is 7.62. The van der Waals surface area contributed by atoms with Gasteiger partial charge in [0, 0.05) is 11.5 Å². The van der Waals surface area contributed by atoms with Crippen molar-refractivity contribution in [3.05, 3.63) is 0 Å². The Kier molecular flexibility index (Phi) is 31.9. The molecule has 0 aliphatic heterocycles. The second-order valence-corrected chi connectivity index (χ2v) is 4.03. The first-order valence-electron chi connectivity index (χ1n) is 4.94. The molecule has 0 atom stereocenters. The SMILES string of the molecule is C.C.CCOC(=O)CCSC.COC(=O)CCS. The minimum Gasteiger partial charge on any atom is -0.469 e. The van der Waals surface area contributed by atoms with Crippen LogP contribution in [0.15, 0.2) is 0 Å². The monoisotopic (exact) mass is 300 g/mol. The van der Waals surface area contributed by atoms with Crippen molar-refractivity contribution >= 4 is 36.3 Å². The molecule has 0 unspecified atom stereocenters. The Bertz CT molecular complexity index is 187. The topological polar surface area (TPSA) is 52.6 Å². The van der Waals surface area contributed by atoms with Gasteiger partial charge in [0.25, 0.3) is 0 Å². The first-order valence-corrected chi connectivity index (χ1v) is 6.97. The van der Waals surface area contributed by atoms with E-state index in [2.05, 4.69) is 17.4 Å². The highest BCUT2D eigenvalue weighted by Gasteiger charge is 1.97. The lowest BCUT2D eigenvalue weighted by atomic mass is 10.5. The normalized spacial score (nSPS) is 7.78. The molecule has 0 aliphatic rings. The molecule has 18 heavy (non-hydrogen) atoms. The van der Waals surface area contributed by atoms with E-state index in [0.717, 1.165) is 5.75 Å². The van der Waals surface area contributed by atoms with Crippen LogP contribution in [0.3, 0.4) is 0 Å². The highest BCUT2D eigenvalue weighted by molar-refractivity contribution is 7.98. The van der Waals surface area contributed by atoms with Crippen LogP contribution in [0.4, 0.5) is 0 Å². The Labute approximate surface area is 122 Å². The van der Waals surface area contributed by atoms with Crippen LogP contribution in [0, 0.1) is 0 Å². The number of methoxy groups -OCH3 is 1. The highest BCUT2D eigenvalue weighted by Crippen LogP contribution is 1.96. The summed E-state index contributed by atoms with van der Waals surface area (Å²) in [7, 11) is 1.37. The van der Waals surface area contributed by atoms with Gasteiger partial charge in [0.1, 0.15) is 0 Å². The Balaban J connectivity index is -0.000000100. The summed E-state index contributed by atoms with van der Waals surface area (Å²) in [5.41, 5.74) is 0. The van der Waals surface area contributed by atoms with Crippen LogP contribution in [0.1, 0.15) is 34.6 Å². The van der Waals surface area contributed by atoms with E-state index in [9.17, 15) is 9.59 Å². The molecular formula is C12H28O4S2. The largest absolute Gasteiger partial charge is 0.469 e. The van der Waals surface area contributed by atoms with Gasteiger partial charge in [-0.2, -0.15) is 24.4 Å². The fourth-order valence-corrected chi connectivity index (χ4v) is 1.17. The van der Waals surface area contributed by atoms with Crippen LogP contribution in [0.5, 0.6) is 0 Å². The molecule has 0 spiro atoms. The van der Waals surface area contributed by atoms with Gasteiger partial charge < -0.3 is 9.47 Å². The zero-order chi connectivity index (χ0) is 12.8. The van der Waals surface area contributed by atoms with Gasteiger partial charge >= 0.3 is 11.9 Å². The number of ether oxygens (including phenoxy) is 2. The predicted molar refractivity (Wildman–Crippen MR) is 83.6 cm³/mol. The lowest BCUT2D eigenvalue weighted by Gasteiger charge is -1.97.